The fourth-order valence-corrected chi connectivity index (χ4v) is 4.00. The molecule has 0 radical (unpaired) electrons. The summed E-state index contributed by atoms with van der Waals surface area (Å²) in [4.78, 5) is 14.2. The van der Waals surface area contributed by atoms with Crippen molar-refractivity contribution >= 4 is 11.9 Å². The number of benzene rings is 2. The summed E-state index contributed by atoms with van der Waals surface area (Å²) in [6.07, 6.45) is 1.76. The Morgan fingerprint density at radius 3 is 2.38 bits per heavy atom. The van der Waals surface area contributed by atoms with Gasteiger partial charge in [-0.1, -0.05) is 69.3 Å². The number of nitrogens with one attached hydrogen (secondary N) is 1. The smallest absolute Gasteiger partial charge is 0.231 e. The standard InChI is InChI=1S/C25H31NO3/c1-16(2)13-26(14-17(3)4)15-21-22(27)10-9-20-24(28)23(29-25(20)21)12-19-8-6-7-18(5)11-19/h6-12,16-17,27H,13-15H2,1-5H3/b23-12-. The van der Waals surface area contributed by atoms with Gasteiger partial charge in [0.15, 0.2) is 5.76 Å². The van der Waals surface area contributed by atoms with Crippen LogP contribution in [-0.2, 0) is 6.54 Å². The topological polar surface area (TPSA) is 53.8 Å². The Kier molecular flexibility index (Phi) is 6.43. The second kappa shape index (κ2) is 8.83. The first kappa shape index (κ1) is 21.1. The highest BCUT2D eigenvalue weighted by molar-refractivity contribution is 6.14. The number of ether oxygens (including phenoxy) is 1. The van der Waals surface area contributed by atoms with Gasteiger partial charge in [0, 0.05) is 17.4 Å². The molecule has 0 unspecified atom stereocenters. The highest BCUT2D eigenvalue weighted by atomic mass is 16.5. The van der Waals surface area contributed by atoms with E-state index >= 15 is 0 Å². The van der Waals surface area contributed by atoms with Gasteiger partial charge in [-0.05, 0) is 24.6 Å². The average Bonchev–Trinajstić information content (AvgIpc) is 2.92. The van der Waals surface area contributed by atoms with Crippen LogP contribution in [0.4, 0.5) is 0 Å². The molecule has 4 heteroatoms. The van der Waals surface area contributed by atoms with Gasteiger partial charge in [0.2, 0.25) is 5.78 Å². The van der Waals surface area contributed by atoms with Gasteiger partial charge >= 0.3 is 0 Å². The molecule has 3 rings (SSSR count). The van der Waals surface area contributed by atoms with Crippen LogP contribution in [0.2, 0.25) is 0 Å². The third-order valence-electron chi connectivity index (χ3n) is 5.06. The molecule has 1 aliphatic heterocycles. The summed E-state index contributed by atoms with van der Waals surface area (Å²) in [6.45, 7) is 13.3. The highest BCUT2D eigenvalue weighted by Crippen LogP contribution is 2.38. The lowest BCUT2D eigenvalue weighted by Gasteiger charge is -2.26. The second-order valence-electron chi connectivity index (χ2n) is 8.90. The van der Waals surface area contributed by atoms with Crippen LogP contribution >= 0.6 is 0 Å². The Bertz CT molecular complexity index is 918. The van der Waals surface area contributed by atoms with Gasteiger partial charge in [-0.3, -0.25) is 4.79 Å². The van der Waals surface area contributed by atoms with Gasteiger partial charge in [0.1, 0.15) is 12.3 Å². The van der Waals surface area contributed by atoms with E-state index in [4.69, 9.17) is 4.74 Å². The predicted octanol–water partition coefficient (Wildman–Crippen LogP) is 3.38. The minimum absolute atomic E-state index is 0.0571. The molecule has 29 heavy (non-hydrogen) atoms. The van der Waals surface area contributed by atoms with Crippen LogP contribution in [0.3, 0.4) is 0 Å². The zero-order valence-electron chi connectivity index (χ0n) is 18.0. The molecule has 0 fully saturated rings. The van der Waals surface area contributed by atoms with E-state index in [9.17, 15) is 9.90 Å². The normalized spacial score (nSPS) is 14.9. The molecule has 1 N–H and O–H groups in total. The third-order valence-corrected chi connectivity index (χ3v) is 5.06. The van der Waals surface area contributed by atoms with E-state index in [0.717, 1.165) is 24.2 Å². The Balaban J connectivity index is 1.93. The van der Waals surface area contributed by atoms with E-state index in [1.54, 1.807) is 12.1 Å². The molecule has 0 aromatic heterocycles. The molecule has 0 spiro atoms. The predicted molar refractivity (Wildman–Crippen MR) is 114 cm³/mol. The van der Waals surface area contributed by atoms with Crippen molar-refractivity contribution in [3.63, 3.8) is 0 Å². The van der Waals surface area contributed by atoms with Gasteiger partial charge in [0.25, 0.3) is 0 Å². The number of Topliss-reactive ketones (excluding diaryl/α,β-unsaturated/α-hetero) is 1. The Labute approximate surface area is 173 Å². The third kappa shape index (κ3) is 5.07. The lowest BCUT2D eigenvalue weighted by atomic mass is 10.0. The van der Waals surface area contributed by atoms with E-state index in [2.05, 4.69) is 27.7 Å². The zero-order chi connectivity index (χ0) is 21.1. The van der Waals surface area contributed by atoms with Crippen molar-refractivity contribution in [1.29, 1.82) is 0 Å². The molecule has 0 saturated carbocycles. The molecule has 0 amide bonds. The van der Waals surface area contributed by atoms with Gasteiger partial charge < -0.3 is 14.7 Å². The number of rotatable bonds is 7. The highest BCUT2D eigenvalue weighted by Gasteiger charge is 2.31. The minimum Gasteiger partial charge on any atom is -0.872 e. The number of quaternary nitrogens is 1. The van der Waals surface area contributed by atoms with Gasteiger partial charge in [-0.25, -0.2) is 0 Å². The molecule has 1 heterocycles. The lowest BCUT2D eigenvalue weighted by molar-refractivity contribution is -0.919. The lowest BCUT2D eigenvalue weighted by Crippen LogP contribution is -3.11. The summed E-state index contributed by atoms with van der Waals surface area (Å²) in [5, 5.41) is 12.7. The van der Waals surface area contributed by atoms with E-state index in [1.165, 1.54) is 11.0 Å². The second-order valence-corrected chi connectivity index (χ2v) is 8.90. The Morgan fingerprint density at radius 1 is 1.07 bits per heavy atom. The van der Waals surface area contributed by atoms with Crippen LogP contribution < -0.4 is 14.7 Å². The Hall–Kier alpha value is -2.59. The number of aryl methyl sites for hydroxylation is 1. The van der Waals surface area contributed by atoms with Gasteiger partial charge in [-0.2, -0.15) is 0 Å². The van der Waals surface area contributed by atoms with Gasteiger partial charge in [-0.15, -0.1) is 0 Å². The number of allylic oxidation sites excluding steroid dienone is 1. The van der Waals surface area contributed by atoms with Crippen LogP contribution in [0.15, 0.2) is 42.2 Å². The summed E-state index contributed by atoms with van der Waals surface area (Å²) < 4.78 is 5.98. The summed E-state index contributed by atoms with van der Waals surface area (Å²) in [6, 6.07) is 11.0. The van der Waals surface area contributed by atoms with E-state index in [1.807, 2.05) is 31.2 Å². The molecule has 2 aromatic rings. The van der Waals surface area contributed by atoms with Crippen molar-refractivity contribution in [1.82, 2.24) is 0 Å². The average molecular weight is 394 g/mol. The fourth-order valence-electron chi connectivity index (χ4n) is 4.00. The Morgan fingerprint density at radius 2 is 1.76 bits per heavy atom. The quantitative estimate of drug-likeness (QED) is 0.734. The largest absolute Gasteiger partial charge is 0.872 e. The molecular weight excluding hydrogens is 362 g/mol. The SMILES string of the molecule is Cc1cccc(/C=C2\Oc3c(ccc([O-])c3C[NH+](CC(C)C)CC(C)C)C2=O)c1. The van der Waals surface area contributed by atoms with Crippen LogP contribution in [-0.4, -0.2) is 18.9 Å². The van der Waals surface area contributed by atoms with E-state index in [-0.39, 0.29) is 17.3 Å². The van der Waals surface area contributed by atoms with E-state index in [0.29, 0.717) is 35.3 Å². The van der Waals surface area contributed by atoms with Crippen LogP contribution in [0.1, 0.15) is 54.7 Å². The van der Waals surface area contributed by atoms with Crippen LogP contribution in [0, 0.1) is 18.8 Å². The van der Waals surface area contributed by atoms with Crippen molar-refractivity contribution in [3.05, 3.63) is 64.4 Å². The van der Waals surface area contributed by atoms with Crippen molar-refractivity contribution in [2.75, 3.05) is 13.1 Å². The summed E-state index contributed by atoms with van der Waals surface area (Å²) in [7, 11) is 0. The molecule has 154 valence electrons. The number of hydrogen-bond donors (Lipinski definition) is 1. The van der Waals surface area contributed by atoms with Crippen molar-refractivity contribution < 1.29 is 19.5 Å². The van der Waals surface area contributed by atoms with Crippen molar-refractivity contribution in [2.24, 2.45) is 11.8 Å². The van der Waals surface area contributed by atoms with E-state index < -0.39 is 0 Å². The molecule has 0 aliphatic carbocycles. The fraction of sp³-hybridized carbons (Fsp3) is 0.400. The molecular formula is C25H31NO3. The molecule has 4 nitrogen and oxygen atoms in total. The zero-order valence-corrected chi connectivity index (χ0v) is 18.0. The number of carbonyl (C=O) groups is 1. The maximum atomic E-state index is 12.9. The number of carbonyl (C=O) groups excluding carboxylic acids is 1. The number of hydrogen-bond acceptors (Lipinski definition) is 3. The first-order valence-corrected chi connectivity index (χ1v) is 10.4. The first-order valence-electron chi connectivity index (χ1n) is 10.4. The maximum absolute atomic E-state index is 12.9. The van der Waals surface area contributed by atoms with Gasteiger partial charge in [0.05, 0.1) is 18.7 Å². The van der Waals surface area contributed by atoms with Crippen LogP contribution in [0.25, 0.3) is 6.08 Å². The summed E-state index contributed by atoms with van der Waals surface area (Å²) in [5.74, 6) is 1.57. The first-order chi connectivity index (χ1) is 13.7. The monoisotopic (exact) mass is 393 g/mol. The molecule has 0 saturated heterocycles. The molecule has 1 aliphatic rings. The minimum atomic E-state index is -0.156. The number of ketones is 1. The molecule has 0 bridgehead atoms. The molecule has 2 aromatic carbocycles. The maximum Gasteiger partial charge on any atom is 0.231 e. The van der Waals surface area contributed by atoms with Crippen molar-refractivity contribution in [2.45, 2.75) is 41.2 Å². The molecule has 0 atom stereocenters. The summed E-state index contributed by atoms with van der Waals surface area (Å²) in [5.41, 5.74) is 3.13. The summed E-state index contributed by atoms with van der Waals surface area (Å²) >= 11 is 0. The van der Waals surface area contributed by atoms with Crippen LogP contribution in [0.5, 0.6) is 11.5 Å². The van der Waals surface area contributed by atoms with Crippen molar-refractivity contribution in [3.8, 4) is 11.5 Å². The number of fused-ring (bicyclic) bond motifs is 1.